The number of para-hydroxylation sites is 1. The van der Waals surface area contributed by atoms with Crippen molar-refractivity contribution >= 4 is 22.2 Å². The predicted molar refractivity (Wildman–Crippen MR) is 79.8 cm³/mol. The quantitative estimate of drug-likeness (QED) is 0.770. The molecule has 1 aromatic carbocycles. The third-order valence-electron chi connectivity index (χ3n) is 3.03. The van der Waals surface area contributed by atoms with Gasteiger partial charge in [-0.15, -0.1) is 11.3 Å². The smallest absolute Gasteiger partial charge is 0.190 e. The number of pyridine rings is 1. The van der Waals surface area contributed by atoms with Crippen LogP contribution in [0.2, 0.25) is 0 Å². The molecule has 3 nitrogen and oxygen atoms in total. The number of fused-ring (bicyclic) bond motifs is 1. The van der Waals surface area contributed by atoms with Crippen LogP contribution in [0.4, 0.5) is 0 Å². The molecule has 0 saturated carbocycles. The van der Waals surface area contributed by atoms with E-state index in [2.05, 4.69) is 23.8 Å². The van der Waals surface area contributed by atoms with Gasteiger partial charge in [0.15, 0.2) is 5.43 Å². The minimum absolute atomic E-state index is 0.0310. The van der Waals surface area contributed by atoms with E-state index in [4.69, 9.17) is 0 Å². The van der Waals surface area contributed by atoms with Crippen molar-refractivity contribution in [2.24, 2.45) is 0 Å². The molecule has 3 aromatic rings. The van der Waals surface area contributed by atoms with Gasteiger partial charge in [-0.2, -0.15) is 0 Å². The summed E-state index contributed by atoms with van der Waals surface area (Å²) in [5.41, 5.74) is 2.51. The summed E-state index contributed by atoms with van der Waals surface area (Å²) in [5, 5.41) is 3.80. The fourth-order valence-corrected chi connectivity index (χ4v) is 2.85. The molecule has 1 N–H and O–H groups in total. The Labute approximate surface area is 115 Å². The zero-order chi connectivity index (χ0) is 13.4. The normalized spacial score (nSPS) is 11.3. The van der Waals surface area contributed by atoms with Gasteiger partial charge in [-0.25, -0.2) is 4.98 Å². The Balaban J connectivity index is 2.17. The first kappa shape index (κ1) is 12.1. The minimum Gasteiger partial charge on any atom is -0.353 e. The van der Waals surface area contributed by atoms with E-state index in [1.54, 1.807) is 17.4 Å². The van der Waals surface area contributed by atoms with Crippen LogP contribution < -0.4 is 5.43 Å². The van der Waals surface area contributed by atoms with Crippen LogP contribution >= 0.6 is 11.3 Å². The van der Waals surface area contributed by atoms with Crippen molar-refractivity contribution in [3.8, 4) is 11.4 Å². The molecule has 3 rings (SSSR count). The highest BCUT2D eigenvalue weighted by atomic mass is 32.1. The van der Waals surface area contributed by atoms with E-state index in [-0.39, 0.29) is 5.43 Å². The summed E-state index contributed by atoms with van der Waals surface area (Å²) >= 11 is 1.63. The summed E-state index contributed by atoms with van der Waals surface area (Å²) in [6.45, 7) is 4.23. The van der Waals surface area contributed by atoms with Gasteiger partial charge in [0.1, 0.15) is 0 Å². The largest absolute Gasteiger partial charge is 0.353 e. The van der Waals surface area contributed by atoms with Crippen LogP contribution in [0.1, 0.15) is 24.8 Å². The third-order valence-corrected chi connectivity index (χ3v) is 4.17. The van der Waals surface area contributed by atoms with Crippen LogP contribution in [0.3, 0.4) is 0 Å². The molecule has 0 radical (unpaired) electrons. The molecular weight excluding hydrogens is 256 g/mol. The summed E-state index contributed by atoms with van der Waals surface area (Å²) in [7, 11) is 0. The van der Waals surface area contributed by atoms with Crippen molar-refractivity contribution in [1.29, 1.82) is 0 Å². The van der Waals surface area contributed by atoms with Crippen molar-refractivity contribution in [1.82, 2.24) is 9.97 Å². The lowest BCUT2D eigenvalue weighted by atomic mass is 10.2. The van der Waals surface area contributed by atoms with Gasteiger partial charge in [-0.05, 0) is 12.1 Å². The molecule has 96 valence electrons. The maximum atomic E-state index is 12.1. The number of hydrogen-bond donors (Lipinski definition) is 1. The van der Waals surface area contributed by atoms with E-state index < -0.39 is 0 Å². The Morgan fingerprint density at radius 1 is 1.26 bits per heavy atom. The number of rotatable bonds is 2. The number of aromatic amines is 1. The maximum Gasteiger partial charge on any atom is 0.190 e. The van der Waals surface area contributed by atoms with Crippen molar-refractivity contribution in [2.45, 2.75) is 19.8 Å². The van der Waals surface area contributed by atoms with Gasteiger partial charge < -0.3 is 4.98 Å². The van der Waals surface area contributed by atoms with E-state index in [0.29, 0.717) is 11.3 Å². The van der Waals surface area contributed by atoms with Gasteiger partial charge in [0.25, 0.3) is 0 Å². The fraction of sp³-hybridized carbons (Fsp3) is 0.200. The molecule has 0 spiro atoms. The molecule has 0 aliphatic rings. The van der Waals surface area contributed by atoms with Crippen molar-refractivity contribution < 1.29 is 0 Å². The van der Waals surface area contributed by atoms with Gasteiger partial charge in [0.2, 0.25) is 0 Å². The Morgan fingerprint density at radius 3 is 2.79 bits per heavy atom. The molecule has 19 heavy (non-hydrogen) atoms. The number of H-pyrrole nitrogens is 1. The molecule has 0 unspecified atom stereocenters. The molecule has 0 amide bonds. The topological polar surface area (TPSA) is 45.8 Å². The number of benzene rings is 1. The summed E-state index contributed by atoms with van der Waals surface area (Å²) in [6.07, 6.45) is 0. The molecule has 0 atom stereocenters. The maximum absolute atomic E-state index is 12.1. The average Bonchev–Trinajstić information content (AvgIpc) is 2.88. The molecule has 2 heterocycles. The van der Waals surface area contributed by atoms with E-state index in [1.807, 2.05) is 29.6 Å². The molecule has 0 fully saturated rings. The molecule has 0 aliphatic carbocycles. The number of hydrogen-bond acceptors (Lipinski definition) is 3. The molecule has 0 bridgehead atoms. The highest BCUT2D eigenvalue weighted by Crippen LogP contribution is 2.25. The Hall–Kier alpha value is -1.94. The monoisotopic (exact) mass is 270 g/mol. The summed E-state index contributed by atoms with van der Waals surface area (Å²) < 4.78 is 0. The van der Waals surface area contributed by atoms with Crippen molar-refractivity contribution in [3.63, 3.8) is 0 Å². The molecule has 4 heteroatoms. The fourth-order valence-electron chi connectivity index (χ4n) is 2.01. The van der Waals surface area contributed by atoms with Crippen molar-refractivity contribution in [3.05, 3.63) is 50.9 Å². The molecule has 2 aromatic heterocycles. The highest BCUT2D eigenvalue weighted by molar-refractivity contribution is 7.10. The van der Waals surface area contributed by atoms with Crippen molar-refractivity contribution in [2.75, 3.05) is 0 Å². The number of thiazole rings is 1. The predicted octanol–water partition coefficient (Wildman–Crippen LogP) is 3.78. The number of aromatic nitrogens is 2. The molecule has 0 saturated heterocycles. The van der Waals surface area contributed by atoms with E-state index in [1.165, 1.54) is 0 Å². The van der Waals surface area contributed by atoms with Crippen LogP contribution in [0.5, 0.6) is 0 Å². The lowest BCUT2D eigenvalue weighted by Gasteiger charge is -2.02. The number of nitrogens with zero attached hydrogens (tertiary/aromatic N) is 1. The lowest BCUT2D eigenvalue weighted by Crippen LogP contribution is -2.02. The zero-order valence-electron chi connectivity index (χ0n) is 10.8. The Morgan fingerprint density at radius 2 is 2.05 bits per heavy atom. The Kier molecular flexibility index (Phi) is 2.95. The van der Waals surface area contributed by atoms with Gasteiger partial charge >= 0.3 is 0 Å². The summed E-state index contributed by atoms with van der Waals surface area (Å²) in [5.74, 6) is 0.408. The van der Waals surface area contributed by atoms with Crippen LogP contribution in [0.15, 0.2) is 40.5 Å². The summed E-state index contributed by atoms with van der Waals surface area (Å²) in [6, 6.07) is 9.16. The first-order chi connectivity index (χ1) is 9.15. The first-order valence-electron chi connectivity index (χ1n) is 6.23. The standard InChI is InChI=1S/C15H14N2OS/c1-9(2)15-17-13(8-19-15)12-7-14(18)10-5-3-4-6-11(10)16-12/h3-9H,1-2H3,(H,16,18). The van der Waals surface area contributed by atoms with E-state index >= 15 is 0 Å². The second-order valence-corrected chi connectivity index (χ2v) is 5.71. The van der Waals surface area contributed by atoms with Crippen LogP contribution in [0, 0.1) is 0 Å². The first-order valence-corrected chi connectivity index (χ1v) is 7.11. The lowest BCUT2D eigenvalue weighted by molar-refractivity contribution is 0.853. The van der Waals surface area contributed by atoms with Gasteiger partial charge in [0, 0.05) is 28.3 Å². The zero-order valence-corrected chi connectivity index (χ0v) is 11.6. The second-order valence-electron chi connectivity index (χ2n) is 4.82. The van der Waals surface area contributed by atoms with Crippen LogP contribution in [-0.2, 0) is 0 Å². The SMILES string of the molecule is CC(C)c1nc(-c2cc(=O)c3ccccc3[nH]2)cs1. The van der Waals surface area contributed by atoms with Crippen LogP contribution in [-0.4, -0.2) is 9.97 Å². The summed E-state index contributed by atoms with van der Waals surface area (Å²) in [4.78, 5) is 19.9. The Bertz CT molecular complexity index is 786. The van der Waals surface area contributed by atoms with Gasteiger partial charge in [0.05, 0.1) is 16.4 Å². The second kappa shape index (κ2) is 4.63. The minimum atomic E-state index is 0.0310. The number of nitrogens with one attached hydrogen (secondary N) is 1. The van der Waals surface area contributed by atoms with Gasteiger partial charge in [-0.3, -0.25) is 4.79 Å². The van der Waals surface area contributed by atoms with E-state index in [9.17, 15) is 4.79 Å². The average molecular weight is 270 g/mol. The molecular formula is C15H14N2OS. The van der Waals surface area contributed by atoms with E-state index in [0.717, 1.165) is 21.9 Å². The van der Waals surface area contributed by atoms with Crippen LogP contribution in [0.25, 0.3) is 22.3 Å². The highest BCUT2D eigenvalue weighted by Gasteiger charge is 2.09. The molecule has 0 aliphatic heterocycles. The third kappa shape index (κ3) is 2.19. The van der Waals surface area contributed by atoms with Gasteiger partial charge in [-0.1, -0.05) is 26.0 Å².